The molecule has 0 amide bonds. The molecule has 1 saturated carbocycles. The Hall–Kier alpha value is -1.26. The molecule has 0 spiro atoms. The van der Waals surface area contributed by atoms with E-state index in [-0.39, 0.29) is 17.0 Å². The molecule has 2 unspecified atom stereocenters. The van der Waals surface area contributed by atoms with Gasteiger partial charge in [0.15, 0.2) is 0 Å². The predicted octanol–water partition coefficient (Wildman–Crippen LogP) is 2.70. The van der Waals surface area contributed by atoms with Crippen molar-refractivity contribution in [2.75, 3.05) is 20.6 Å². The maximum atomic E-state index is 9.83. The van der Waals surface area contributed by atoms with Crippen LogP contribution in [0.1, 0.15) is 38.2 Å². The van der Waals surface area contributed by atoms with Gasteiger partial charge < -0.3 is 20.4 Å². The number of nitrogens with one attached hydrogen (secondary N) is 1. The molecule has 0 radical (unpaired) electrons. The summed E-state index contributed by atoms with van der Waals surface area (Å²) in [5.41, 5.74) is 1.04. The van der Waals surface area contributed by atoms with Gasteiger partial charge in [-0.1, -0.05) is 25.8 Å². The van der Waals surface area contributed by atoms with Crippen LogP contribution in [-0.2, 0) is 6.54 Å². The van der Waals surface area contributed by atoms with Crippen LogP contribution in [0.5, 0.6) is 11.5 Å². The molecule has 1 aromatic carbocycles. The van der Waals surface area contributed by atoms with Crippen LogP contribution in [0.3, 0.4) is 0 Å². The highest BCUT2D eigenvalue weighted by molar-refractivity contribution is 5.38. The number of benzene rings is 1. The average Bonchev–Trinajstić information content (AvgIpc) is 2.41. The Labute approximate surface area is 127 Å². The molecule has 2 rings (SSSR count). The zero-order chi connectivity index (χ0) is 15.5. The quantitative estimate of drug-likeness (QED) is 0.781. The highest BCUT2D eigenvalue weighted by Crippen LogP contribution is 2.35. The molecular weight excluding hydrogens is 264 g/mol. The van der Waals surface area contributed by atoms with Gasteiger partial charge in [-0.2, -0.15) is 0 Å². The zero-order valence-electron chi connectivity index (χ0n) is 13.4. The van der Waals surface area contributed by atoms with Gasteiger partial charge in [0, 0.05) is 30.3 Å². The number of hydrogen-bond acceptors (Lipinski definition) is 4. The molecule has 0 heterocycles. The van der Waals surface area contributed by atoms with E-state index >= 15 is 0 Å². The van der Waals surface area contributed by atoms with Gasteiger partial charge in [0.1, 0.15) is 11.5 Å². The van der Waals surface area contributed by atoms with E-state index in [1.54, 1.807) is 12.1 Å². The van der Waals surface area contributed by atoms with E-state index in [4.69, 9.17) is 0 Å². The lowest BCUT2D eigenvalue weighted by Gasteiger charge is -2.45. The number of phenols is 2. The Balaban J connectivity index is 1.96. The van der Waals surface area contributed by atoms with Crippen LogP contribution in [-0.4, -0.2) is 41.3 Å². The van der Waals surface area contributed by atoms with Crippen LogP contribution in [0, 0.1) is 5.92 Å². The molecule has 0 aliphatic heterocycles. The van der Waals surface area contributed by atoms with Gasteiger partial charge in [-0.25, -0.2) is 0 Å². The van der Waals surface area contributed by atoms with Crippen LogP contribution in [0.25, 0.3) is 0 Å². The van der Waals surface area contributed by atoms with Crippen molar-refractivity contribution in [2.45, 2.75) is 44.7 Å². The van der Waals surface area contributed by atoms with Crippen molar-refractivity contribution in [3.63, 3.8) is 0 Å². The zero-order valence-corrected chi connectivity index (χ0v) is 13.4. The second kappa shape index (κ2) is 6.67. The minimum atomic E-state index is 0.0992. The highest BCUT2D eigenvalue weighted by atomic mass is 16.3. The van der Waals surface area contributed by atoms with Gasteiger partial charge >= 0.3 is 0 Å². The summed E-state index contributed by atoms with van der Waals surface area (Å²) in [6, 6.07) is 4.77. The molecule has 3 N–H and O–H groups in total. The van der Waals surface area contributed by atoms with Crippen LogP contribution < -0.4 is 5.32 Å². The van der Waals surface area contributed by atoms with Crippen LogP contribution in [0.2, 0.25) is 0 Å². The molecule has 0 aromatic heterocycles. The molecule has 4 nitrogen and oxygen atoms in total. The molecule has 1 aliphatic rings. The summed E-state index contributed by atoms with van der Waals surface area (Å²) in [6.07, 6.45) is 5.05. The molecule has 118 valence electrons. The molecule has 21 heavy (non-hydrogen) atoms. The van der Waals surface area contributed by atoms with Crippen molar-refractivity contribution in [2.24, 2.45) is 5.92 Å². The first-order valence-electron chi connectivity index (χ1n) is 7.82. The third-order valence-electron chi connectivity index (χ3n) is 4.85. The first-order chi connectivity index (χ1) is 9.93. The van der Waals surface area contributed by atoms with Crippen molar-refractivity contribution in [3.8, 4) is 11.5 Å². The second-order valence-corrected chi connectivity index (χ2v) is 6.74. The Morgan fingerprint density at radius 1 is 1.33 bits per heavy atom. The summed E-state index contributed by atoms with van der Waals surface area (Å²) in [5, 5.41) is 22.6. The number of likely N-dealkylation sites (N-methyl/N-ethyl adjacent to an activating group) is 1. The smallest absolute Gasteiger partial charge is 0.123 e. The van der Waals surface area contributed by atoms with Gasteiger partial charge in [-0.15, -0.1) is 0 Å². The number of nitrogens with zero attached hydrogens (tertiary/aromatic N) is 1. The largest absolute Gasteiger partial charge is 0.508 e. The lowest BCUT2D eigenvalue weighted by molar-refractivity contribution is 0.0749. The molecule has 1 fully saturated rings. The Morgan fingerprint density at radius 2 is 2.10 bits per heavy atom. The van der Waals surface area contributed by atoms with Gasteiger partial charge in [-0.3, -0.25) is 0 Å². The van der Waals surface area contributed by atoms with Crippen molar-refractivity contribution < 1.29 is 10.2 Å². The third-order valence-corrected chi connectivity index (χ3v) is 4.85. The van der Waals surface area contributed by atoms with E-state index in [2.05, 4.69) is 31.2 Å². The van der Waals surface area contributed by atoms with Crippen LogP contribution in [0.4, 0.5) is 0 Å². The van der Waals surface area contributed by atoms with Gasteiger partial charge in [0.2, 0.25) is 0 Å². The molecule has 0 bridgehead atoms. The Bertz CT molecular complexity index is 476. The van der Waals surface area contributed by atoms with E-state index in [0.29, 0.717) is 6.54 Å². The topological polar surface area (TPSA) is 55.7 Å². The normalized spacial score (nSPS) is 26.2. The number of hydrogen-bond donors (Lipinski definition) is 3. The lowest BCUT2D eigenvalue weighted by atomic mass is 9.75. The van der Waals surface area contributed by atoms with Crippen LogP contribution >= 0.6 is 0 Å². The van der Waals surface area contributed by atoms with Gasteiger partial charge in [0.25, 0.3) is 0 Å². The molecule has 1 aromatic rings. The SMILES string of the molecule is CC1CCCC(CNCc2ccc(O)cc2O)(N(C)C)C1. The number of phenolic OH excluding ortho intramolecular Hbond substituents is 2. The summed E-state index contributed by atoms with van der Waals surface area (Å²) < 4.78 is 0. The predicted molar refractivity (Wildman–Crippen MR) is 85.5 cm³/mol. The summed E-state index contributed by atoms with van der Waals surface area (Å²) in [6.45, 7) is 3.88. The fourth-order valence-electron chi connectivity index (χ4n) is 3.49. The van der Waals surface area contributed by atoms with Crippen LogP contribution in [0.15, 0.2) is 18.2 Å². The van der Waals surface area contributed by atoms with E-state index in [9.17, 15) is 10.2 Å². The highest BCUT2D eigenvalue weighted by Gasteiger charge is 2.36. The Morgan fingerprint density at radius 3 is 2.71 bits per heavy atom. The van der Waals surface area contributed by atoms with Crippen molar-refractivity contribution >= 4 is 0 Å². The van der Waals surface area contributed by atoms with E-state index < -0.39 is 0 Å². The molecule has 2 atom stereocenters. The van der Waals surface area contributed by atoms with Crippen molar-refractivity contribution in [3.05, 3.63) is 23.8 Å². The monoisotopic (exact) mass is 292 g/mol. The summed E-state index contributed by atoms with van der Waals surface area (Å²) in [7, 11) is 4.33. The summed E-state index contributed by atoms with van der Waals surface area (Å²) in [4.78, 5) is 2.35. The summed E-state index contributed by atoms with van der Waals surface area (Å²) in [5.74, 6) is 1.02. The molecular formula is C17H28N2O2. The fourth-order valence-corrected chi connectivity index (χ4v) is 3.49. The third kappa shape index (κ3) is 3.89. The van der Waals surface area contributed by atoms with E-state index in [0.717, 1.165) is 18.0 Å². The maximum Gasteiger partial charge on any atom is 0.123 e. The molecule has 4 heteroatoms. The minimum Gasteiger partial charge on any atom is -0.508 e. The molecule has 0 saturated heterocycles. The lowest BCUT2D eigenvalue weighted by Crippen LogP contribution is -2.54. The minimum absolute atomic E-state index is 0.0992. The van der Waals surface area contributed by atoms with Gasteiger partial charge in [-0.05, 0) is 38.9 Å². The maximum absolute atomic E-state index is 9.83. The van der Waals surface area contributed by atoms with E-state index in [1.807, 2.05) is 0 Å². The average molecular weight is 292 g/mol. The number of aromatic hydroxyl groups is 2. The van der Waals surface area contributed by atoms with Crippen molar-refractivity contribution in [1.29, 1.82) is 0 Å². The first kappa shape index (κ1) is 16.1. The summed E-state index contributed by atoms with van der Waals surface area (Å²) >= 11 is 0. The molecule has 1 aliphatic carbocycles. The second-order valence-electron chi connectivity index (χ2n) is 6.74. The van der Waals surface area contributed by atoms with Gasteiger partial charge in [0.05, 0.1) is 0 Å². The Kier molecular flexibility index (Phi) is 5.12. The standard InChI is InChI=1S/C17H28N2O2/c1-13-5-4-8-17(10-13,19(2)3)12-18-11-14-6-7-15(20)9-16(14)21/h6-7,9,13,18,20-21H,4-5,8,10-12H2,1-3H3. The van der Waals surface area contributed by atoms with E-state index in [1.165, 1.54) is 31.7 Å². The fraction of sp³-hybridized carbons (Fsp3) is 0.647. The first-order valence-corrected chi connectivity index (χ1v) is 7.82. The number of rotatable bonds is 5. The van der Waals surface area contributed by atoms with Crippen molar-refractivity contribution in [1.82, 2.24) is 10.2 Å².